The van der Waals surface area contributed by atoms with E-state index in [9.17, 15) is 9.59 Å². The van der Waals surface area contributed by atoms with Crippen molar-refractivity contribution in [3.63, 3.8) is 0 Å². The van der Waals surface area contributed by atoms with E-state index in [4.69, 9.17) is 14.6 Å². The highest BCUT2D eigenvalue weighted by molar-refractivity contribution is 6.05. The molecule has 1 saturated carbocycles. The quantitative estimate of drug-likeness (QED) is 0.482. The summed E-state index contributed by atoms with van der Waals surface area (Å²) >= 11 is 0. The molecule has 0 aliphatic heterocycles. The molecule has 2 aromatic carbocycles. The van der Waals surface area contributed by atoms with Crippen molar-refractivity contribution in [2.24, 2.45) is 5.92 Å². The van der Waals surface area contributed by atoms with Crippen LogP contribution in [0.2, 0.25) is 0 Å². The van der Waals surface area contributed by atoms with Gasteiger partial charge in [-0.15, -0.1) is 0 Å². The lowest BCUT2D eigenvalue weighted by atomic mass is 10.1. The Bertz CT molecular complexity index is 903. The van der Waals surface area contributed by atoms with E-state index >= 15 is 0 Å². The number of amides is 2. The molecule has 1 fully saturated rings. The van der Waals surface area contributed by atoms with Crippen molar-refractivity contribution in [3.8, 4) is 11.5 Å². The summed E-state index contributed by atoms with van der Waals surface area (Å²) in [7, 11) is 0. The van der Waals surface area contributed by atoms with Gasteiger partial charge < -0.3 is 25.2 Å². The molecule has 0 bridgehead atoms. The highest BCUT2D eigenvalue weighted by atomic mass is 16.5. The summed E-state index contributed by atoms with van der Waals surface area (Å²) < 4.78 is 11.1. The molecule has 2 aromatic rings. The Morgan fingerprint density at radius 3 is 2.29 bits per heavy atom. The number of carbonyl (C=O) groups excluding carboxylic acids is 2. The van der Waals surface area contributed by atoms with Gasteiger partial charge in [-0.05, 0) is 73.7 Å². The third-order valence-corrected chi connectivity index (χ3v) is 4.69. The Morgan fingerprint density at radius 2 is 1.68 bits per heavy atom. The maximum absolute atomic E-state index is 12.7. The number of ether oxygens (including phenoxy) is 2. The fraction of sp³-hybridized carbons (Fsp3) is 0.333. The second-order valence-corrected chi connectivity index (χ2v) is 7.27. The van der Waals surface area contributed by atoms with Crippen LogP contribution >= 0.6 is 0 Å². The van der Waals surface area contributed by atoms with Crippen molar-refractivity contribution in [2.45, 2.75) is 19.8 Å². The van der Waals surface area contributed by atoms with Gasteiger partial charge in [-0.2, -0.15) is 0 Å². The van der Waals surface area contributed by atoms with Gasteiger partial charge in [0.15, 0.2) is 0 Å². The van der Waals surface area contributed by atoms with Crippen LogP contribution in [0.1, 0.15) is 35.7 Å². The van der Waals surface area contributed by atoms with Crippen molar-refractivity contribution < 1.29 is 24.2 Å². The van der Waals surface area contributed by atoms with E-state index < -0.39 is 11.8 Å². The Morgan fingerprint density at radius 1 is 1.03 bits per heavy atom. The minimum atomic E-state index is -0.485. The average molecular weight is 424 g/mol. The van der Waals surface area contributed by atoms with Gasteiger partial charge in [-0.25, -0.2) is 0 Å². The van der Waals surface area contributed by atoms with Gasteiger partial charge in [0.2, 0.25) is 0 Å². The highest BCUT2D eigenvalue weighted by Crippen LogP contribution is 2.29. The molecule has 0 radical (unpaired) electrons. The molecule has 0 atom stereocenters. The molecule has 2 amide bonds. The SMILES string of the molecule is CCOc1ccc(C=C(NC(=O)c2ccc(OCC3CC3)cc2)C(=O)NCCO)cc1. The first kappa shape index (κ1) is 22.4. The molecule has 7 nitrogen and oxygen atoms in total. The molecule has 3 rings (SSSR count). The number of hydrogen-bond acceptors (Lipinski definition) is 5. The smallest absolute Gasteiger partial charge is 0.267 e. The van der Waals surface area contributed by atoms with Crippen LogP contribution in [-0.4, -0.2) is 43.3 Å². The zero-order chi connectivity index (χ0) is 22.1. The van der Waals surface area contributed by atoms with E-state index in [0.29, 0.717) is 30.4 Å². The van der Waals surface area contributed by atoms with E-state index in [-0.39, 0.29) is 18.8 Å². The van der Waals surface area contributed by atoms with Gasteiger partial charge in [-0.3, -0.25) is 9.59 Å². The van der Waals surface area contributed by atoms with Crippen LogP contribution < -0.4 is 20.1 Å². The maximum atomic E-state index is 12.7. The average Bonchev–Trinajstić information content (AvgIpc) is 3.62. The second-order valence-electron chi connectivity index (χ2n) is 7.27. The largest absolute Gasteiger partial charge is 0.494 e. The summed E-state index contributed by atoms with van der Waals surface area (Å²) in [5.41, 5.74) is 1.21. The van der Waals surface area contributed by atoms with E-state index in [0.717, 1.165) is 11.3 Å². The topological polar surface area (TPSA) is 96.9 Å². The van der Waals surface area contributed by atoms with Gasteiger partial charge in [0.05, 0.1) is 19.8 Å². The zero-order valence-corrected chi connectivity index (χ0v) is 17.6. The van der Waals surface area contributed by atoms with Gasteiger partial charge in [0, 0.05) is 12.1 Å². The van der Waals surface area contributed by atoms with Crippen LogP contribution in [0.4, 0.5) is 0 Å². The number of aliphatic hydroxyl groups is 1. The first-order valence-corrected chi connectivity index (χ1v) is 10.5. The van der Waals surface area contributed by atoms with Crippen molar-refractivity contribution in [1.82, 2.24) is 10.6 Å². The fourth-order valence-electron chi connectivity index (χ4n) is 2.81. The molecule has 3 N–H and O–H groups in total. The summed E-state index contributed by atoms with van der Waals surface area (Å²) in [4.78, 5) is 25.2. The van der Waals surface area contributed by atoms with E-state index in [1.807, 2.05) is 6.92 Å². The standard InChI is InChI=1S/C24H28N2O5/c1-2-30-20-9-5-17(6-10-20)15-22(24(29)25-13-14-27)26-23(28)19-7-11-21(12-8-19)31-16-18-3-4-18/h5-12,15,18,27H,2-4,13-14,16H2,1H3,(H,25,29)(H,26,28). The number of aliphatic hydroxyl groups excluding tert-OH is 1. The minimum Gasteiger partial charge on any atom is -0.494 e. The number of carbonyl (C=O) groups is 2. The summed E-state index contributed by atoms with van der Waals surface area (Å²) in [5.74, 6) is 1.19. The van der Waals surface area contributed by atoms with Crippen LogP contribution in [0.3, 0.4) is 0 Å². The summed E-state index contributed by atoms with van der Waals surface area (Å²) in [5, 5.41) is 14.2. The molecular weight excluding hydrogens is 396 g/mol. The van der Waals surface area contributed by atoms with Crippen LogP contribution in [0.15, 0.2) is 54.2 Å². The van der Waals surface area contributed by atoms with Gasteiger partial charge >= 0.3 is 0 Å². The van der Waals surface area contributed by atoms with Crippen LogP contribution in [0.5, 0.6) is 11.5 Å². The first-order chi connectivity index (χ1) is 15.1. The fourth-order valence-corrected chi connectivity index (χ4v) is 2.81. The van der Waals surface area contributed by atoms with Crippen LogP contribution in [0, 0.1) is 5.92 Å². The highest BCUT2D eigenvalue weighted by Gasteiger charge is 2.22. The summed E-state index contributed by atoms with van der Waals surface area (Å²) in [6.45, 7) is 3.05. The number of benzene rings is 2. The summed E-state index contributed by atoms with van der Waals surface area (Å²) in [6, 6.07) is 14.0. The first-order valence-electron chi connectivity index (χ1n) is 10.5. The van der Waals surface area contributed by atoms with Crippen molar-refractivity contribution in [1.29, 1.82) is 0 Å². The molecule has 0 unspecified atom stereocenters. The van der Waals surface area contributed by atoms with E-state index in [2.05, 4.69) is 10.6 Å². The Labute approximate surface area is 182 Å². The Hall–Kier alpha value is -3.32. The van der Waals surface area contributed by atoms with E-state index in [1.165, 1.54) is 12.8 Å². The molecule has 0 aromatic heterocycles. The number of nitrogens with one attached hydrogen (secondary N) is 2. The molecule has 0 spiro atoms. The molecule has 0 saturated heterocycles. The minimum absolute atomic E-state index is 0.0802. The van der Waals surface area contributed by atoms with E-state index in [1.54, 1.807) is 54.6 Å². The molecule has 1 aliphatic rings. The van der Waals surface area contributed by atoms with Crippen LogP contribution in [-0.2, 0) is 4.79 Å². The lowest BCUT2D eigenvalue weighted by molar-refractivity contribution is -0.117. The van der Waals surface area contributed by atoms with Crippen molar-refractivity contribution >= 4 is 17.9 Å². The maximum Gasteiger partial charge on any atom is 0.267 e. The molecular formula is C24H28N2O5. The van der Waals surface area contributed by atoms with Crippen molar-refractivity contribution in [3.05, 3.63) is 65.4 Å². The normalized spacial score (nSPS) is 13.4. The van der Waals surface area contributed by atoms with Gasteiger partial charge in [0.1, 0.15) is 17.2 Å². The molecule has 164 valence electrons. The Balaban J connectivity index is 1.70. The second kappa shape index (κ2) is 11.2. The third kappa shape index (κ3) is 7.15. The Kier molecular flexibility index (Phi) is 8.06. The van der Waals surface area contributed by atoms with Crippen molar-refractivity contribution in [2.75, 3.05) is 26.4 Å². The number of rotatable bonds is 11. The molecule has 0 heterocycles. The van der Waals surface area contributed by atoms with Gasteiger partial charge in [-0.1, -0.05) is 12.1 Å². The van der Waals surface area contributed by atoms with Crippen LogP contribution in [0.25, 0.3) is 6.08 Å². The number of hydrogen-bond donors (Lipinski definition) is 3. The molecule has 1 aliphatic carbocycles. The molecule has 7 heteroatoms. The zero-order valence-electron chi connectivity index (χ0n) is 17.6. The monoisotopic (exact) mass is 424 g/mol. The summed E-state index contributed by atoms with van der Waals surface area (Å²) in [6.07, 6.45) is 4.00. The van der Waals surface area contributed by atoms with Gasteiger partial charge in [0.25, 0.3) is 11.8 Å². The third-order valence-electron chi connectivity index (χ3n) is 4.69. The predicted octanol–water partition coefficient (Wildman–Crippen LogP) is 2.75. The lowest BCUT2D eigenvalue weighted by Gasteiger charge is -2.11. The predicted molar refractivity (Wildman–Crippen MR) is 118 cm³/mol. The molecule has 31 heavy (non-hydrogen) atoms. The lowest BCUT2D eigenvalue weighted by Crippen LogP contribution is -2.36.